The summed E-state index contributed by atoms with van der Waals surface area (Å²) in [5.74, 6) is -11.6. The first-order chi connectivity index (χ1) is 15.4. The zero-order chi connectivity index (χ0) is 24.3. The van der Waals surface area contributed by atoms with Crippen molar-refractivity contribution in [1.29, 1.82) is 0 Å². The molecule has 0 bridgehead atoms. The first-order valence-corrected chi connectivity index (χ1v) is 11.1. The minimum absolute atomic E-state index is 0.00714. The van der Waals surface area contributed by atoms with Crippen LogP contribution in [0, 0.1) is 38.5 Å². The Morgan fingerprint density at radius 2 is 1.36 bits per heavy atom. The van der Waals surface area contributed by atoms with Gasteiger partial charge in [0.05, 0.1) is 9.75 Å². The maximum Gasteiger partial charge on any atom is 0.380 e. The predicted molar refractivity (Wildman–Crippen MR) is 121 cm³/mol. The van der Waals surface area contributed by atoms with Crippen molar-refractivity contribution >= 4 is 33.8 Å². The molecule has 0 saturated carbocycles. The summed E-state index contributed by atoms with van der Waals surface area (Å²) < 4.78 is 90.0. The molecule has 0 amide bonds. The summed E-state index contributed by atoms with van der Waals surface area (Å²) in [6, 6.07) is 9.85. The number of benzene rings is 1. The lowest BCUT2D eigenvalue weighted by atomic mass is 9.92. The van der Waals surface area contributed by atoms with Crippen LogP contribution in [0.2, 0.25) is 0 Å². The number of thiophene rings is 2. The molecule has 0 nitrogen and oxygen atoms in total. The Balaban J connectivity index is 2.12. The van der Waals surface area contributed by atoms with Gasteiger partial charge in [-0.1, -0.05) is 42.2 Å². The van der Waals surface area contributed by atoms with Gasteiger partial charge >= 0.3 is 17.8 Å². The predicted octanol–water partition coefficient (Wildman–Crippen LogP) is 7.89. The molecule has 1 aliphatic rings. The fourth-order valence-corrected chi connectivity index (χ4v) is 5.91. The van der Waals surface area contributed by atoms with Crippen LogP contribution in [0.25, 0.3) is 21.6 Å². The van der Waals surface area contributed by atoms with Gasteiger partial charge in [0.25, 0.3) is 0 Å². The van der Waals surface area contributed by atoms with Crippen molar-refractivity contribution in [1.82, 2.24) is 0 Å². The number of allylic oxidation sites excluding steroid dienone is 2. The van der Waals surface area contributed by atoms with E-state index in [1.54, 1.807) is 30.3 Å². The highest BCUT2D eigenvalue weighted by Gasteiger charge is 2.80. The van der Waals surface area contributed by atoms with Crippen molar-refractivity contribution < 1.29 is 26.3 Å². The van der Waals surface area contributed by atoms with E-state index in [1.165, 1.54) is 19.9 Å². The van der Waals surface area contributed by atoms with Gasteiger partial charge < -0.3 is 0 Å². The van der Waals surface area contributed by atoms with Crippen LogP contribution in [0.3, 0.4) is 0 Å². The first kappa shape index (κ1) is 23.2. The molecular formula is C25H14F6S2. The van der Waals surface area contributed by atoms with Crippen molar-refractivity contribution in [3.63, 3.8) is 0 Å². The fraction of sp³-hybridized carbons (Fsp3) is 0.200. The zero-order valence-corrected chi connectivity index (χ0v) is 18.8. The second kappa shape index (κ2) is 7.55. The summed E-state index contributed by atoms with van der Waals surface area (Å²) in [6.45, 7) is 2.74. The highest BCUT2D eigenvalue weighted by Crippen LogP contribution is 2.66. The van der Waals surface area contributed by atoms with E-state index in [1.807, 2.05) is 0 Å². The van der Waals surface area contributed by atoms with E-state index in [4.69, 9.17) is 12.8 Å². The maximum absolute atomic E-state index is 15.2. The maximum atomic E-state index is 15.2. The van der Waals surface area contributed by atoms with Crippen LogP contribution in [0.5, 0.6) is 0 Å². The molecule has 0 N–H and O–H groups in total. The van der Waals surface area contributed by atoms with E-state index in [0.29, 0.717) is 10.4 Å². The number of hydrogen-bond donors (Lipinski definition) is 0. The van der Waals surface area contributed by atoms with Crippen molar-refractivity contribution in [2.24, 2.45) is 0 Å². The minimum Gasteiger partial charge on any atom is -0.194 e. The second-order valence-electron chi connectivity index (χ2n) is 7.47. The highest BCUT2D eigenvalue weighted by atomic mass is 32.1. The molecule has 168 valence electrons. The summed E-state index contributed by atoms with van der Waals surface area (Å²) in [6.07, 6.45) is 10.8. The van der Waals surface area contributed by atoms with Gasteiger partial charge in [0, 0.05) is 26.5 Å². The van der Waals surface area contributed by atoms with Crippen molar-refractivity contribution in [3.8, 4) is 35.1 Å². The van der Waals surface area contributed by atoms with Gasteiger partial charge in [-0.2, -0.15) is 26.3 Å². The molecule has 8 heteroatoms. The summed E-state index contributed by atoms with van der Waals surface area (Å²) in [5.41, 5.74) is -3.15. The molecule has 4 rings (SSSR count). The lowest BCUT2D eigenvalue weighted by Gasteiger charge is -2.25. The number of halogens is 6. The molecule has 33 heavy (non-hydrogen) atoms. The summed E-state index contributed by atoms with van der Waals surface area (Å²) in [7, 11) is 0. The van der Waals surface area contributed by atoms with Gasteiger partial charge in [0.1, 0.15) is 0 Å². The van der Waals surface area contributed by atoms with Crippen LogP contribution in [0.15, 0.2) is 36.4 Å². The van der Waals surface area contributed by atoms with E-state index in [0.717, 1.165) is 22.7 Å². The number of rotatable bonds is 3. The van der Waals surface area contributed by atoms with Crippen LogP contribution in [-0.2, 0) is 0 Å². The smallest absolute Gasteiger partial charge is 0.194 e. The van der Waals surface area contributed by atoms with Gasteiger partial charge in [-0.15, -0.1) is 35.5 Å². The number of aryl methyl sites for hydroxylation is 1. The summed E-state index contributed by atoms with van der Waals surface area (Å²) >= 11 is 1.80. The number of hydrogen-bond acceptors (Lipinski definition) is 2. The Morgan fingerprint density at radius 3 is 1.94 bits per heavy atom. The van der Waals surface area contributed by atoms with Crippen molar-refractivity contribution in [2.75, 3.05) is 0 Å². The minimum atomic E-state index is -5.66. The standard InChI is InChI=1S/C25H14F6S2/c1-5-17-13(3)20(18(6-2)33-17)22-21(23(26,27)25(30,31)24(22,28)29)16-12-19(32-14(16)4)15-10-8-7-9-11-15/h1-2,7-12H,3-4H3. The Bertz CT molecular complexity index is 1370. The lowest BCUT2D eigenvalue weighted by molar-refractivity contribution is -0.254. The third kappa shape index (κ3) is 3.08. The Hall–Kier alpha value is -2.94. The molecule has 0 unspecified atom stereocenters. The molecule has 0 fully saturated rings. The molecule has 1 aromatic carbocycles. The van der Waals surface area contributed by atoms with E-state index < -0.39 is 34.5 Å². The molecule has 0 saturated heterocycles. The molecule has 1 aliphatic carbocycles. The van der Waals surface area contributed by atoms with Crippen LogP contribution in [0.1, 0.15) is 31.3 Å². The molecule has 3 aromatic rings. The monoisotopic (exact) mass is 492 g/mol. The van der Waals surface area contributed by atoms with Crippen LogP contribution >= 0.6 is 22.7 Å². The largest absolute Gasteiger partial charge is 0.380 e. The molecule has 0 spiro atoms. The second-order valence-corrected chi connectivity index (χ2v) is 9.75. The fourth-order valence-electron chi connectivity index (χ4n) is 3.94. The van der Waals surface area contributed by atoms with E-state index >= 15 is 17.6 Å². The Labute approximate surface area is 194 Å². The summed E-state index contributed by atoms with van der Waals surface area (Å²) in [4.78, 5) is 0.595. The first-order valence-electron chi connectivity index (χ1n) is 9.52. The van der Waals surface area contributed by atoms with Gasteiger partial charge in [-0.3, -0.25) is 0 Å². The topological polar surface area (TPSA) is 0 Å². The SMILES string of the molecule is C#Cc1sc(C#C)c(C2=C(c3cc(-c4ccccc4)sc3C)C(F)(F)C(F)(F)C2(F)F)c1C. The quantitative estimate of drug-likeness (QED) is 0.258. The van der Waals surface area contributed by atoms with E-state index in [-0.39, 0.29) is 25.8 Å². The zero-order valence-electron chi connectivity index (χ0n) is 17.2. The van der Waals surface area contributed by atoms with Crippen molar-refractivity contribution in [2.45, 2.75) is 31.6 Å². The average molecular weight is 493 g/mol. The lowest BCUT2D eigenvalue weighted by Crippen LogP contribution is -2.49. The van der Waals surface area contributed by atoms with Crippen LogP contribution in [0.4, 0.5) is 26.3 Å². The molecular weight excluding hydrogens is 478 g/mol. The van der Waals surface area contributed by atoms with Gasteiger partial charge in [-0.25, -0.2) is 0 Å². The van der Waals surface area contributed by atoms with Crippen molar-refractivity contribution in [3.05, 3.63) is 67.7 Å². The van der Waals surface area contributed by atoms with Crippen LogP contribution < -0.4 is 0 Å². The third-order valence-electron chi connectivity index (χ3n) is 5.57. The molecule has 0 aliphatic heterocycles. The summed E-state index contributed by atoms with van der Waals surface area (Å²) in [5, 5.41) is 0. The van der Waals surface area contributed by atoms with Gasteiger partial charge in [-0.05, 0) is 36.6 Å². The Kier molecular flexibility index (Phi) is 5.31. The molecule has 0 atom stereocenters. The number of terminal acetylenes is 2. The van der Waals surface area contributed by atoms with Crippen LogP contribution in [-0.4, -0.2) is 17.8 Å². The molecule has 0 radical (unpaired) electrons. The number of alkyl halides is 6. The molecule has 2 heterocycles. The Morgan fingerprint density at radius 1 is 0.788 bits per heavy atom. The van der Waals surface area contributed by atoms with Gasteiger partial charge in [0.15, 0.2) is 0 Å². The van der Waals surface area contributed by atoms with E-state index in [2.05, 4.69) is 11.8 Å². The highest BCUT2D eigenvalue weighted by molar-refractivity contribution is 7.15. The normalized spacial score (nSPS) is 18.2. The third-order valence-corrected chi connectivity index (χ3v) is 7.82. The molecule has 2 aromatic heterocycles. The van der Waals surface area contributed by atoms with E-state index in [9.17, 15) is 8.78 Å². The van der Waals surface area contributed by atoms with Gasteiger partial charge in [0.2, 0.25) is 0 Å². The average Bonchev–Trinajstić information content (AvgIpc) is 3.33.